The standard InChI is InChI=1S/C24H23N3O5/c1-16-7-3-4-8-19(16)24(30)25-18-13-11-17(12-14-18)23(29)27-26-22(28)15-32-21-10-6-5-9-20(21)31-2/h3-14H,15H2,1-2H3,(H,25,30)(H,26,28)(H,27,29). The van der Waals surface area contributed by atoms with Crippen molar-refractivity contribution in [2.75, 3.05) is 19.0 Å². The van der Waals surface area contributed by atoms with Crippen molar-refractivity contribution in [1.29, 1.82) is 0 Å². The van der Waals surface area contributed by atoms with Crippen molar-refractivity contribution in [1.82, 2.24) is 10.9 Å². The maximum Gasteiger partial charge on any atom is 0.276 e. The molecule has 0 unspecified atom stereocenters. The number of hydrogen-bond acceptors (Lipinski definition) is 5. The van der Waals surface area contributed by atoms with Crippen LogP contribution >= 0.6 is 0 Å². The highest BCUT2D eigenvalue weighted by atomic mass is 16.5. The molecule has 8 heteroatoms. The molecule has 3 aromatic rings. The summed E-state index contributed by atoms with van der Waals surface area (Å²) in [5.41, 5.74) is 6.91. The molecule has 0 bridgehead atoms. The van der Waals surface area contributed by atoms with Crippen LogP contribution in [0.4, 0.5) is 5.69 Å². The number of amides is 3. The number of benzene rings is 3. The lowest BCUT2D eigenvalue weighted by Crippen LogP contribution is -2.43. The van der Waals surface area contributed by atoms with E-state index in [1.165, 1.54) is 7.11 Å². The van der Waals surface area contributed by atoms with E-state index in [0.29, 0.717) is 28.3 Å². The second-order valence-corrected chi connectivity index (χ2v) is 6.79. The topological polar surface area (TPSA) is 106 Å². The van der Waals surface area contributed by atoms with Gasteiger partial charge in [-0.1, -0.05) is 30.3 Å². The molecule has 0 saturated heterocycles. The summed E-state index contributed by atoms with van der Waals surface area (Å²) in [7, 11) is 1.50. The second kappa shape index (κ2) is 10.6. The van der Waals surface area contributed by atoms with Crippen LogP contribution in [0.5, 0.6) is 11.5 Å². The molecule has 3 amide bonds. The number of anilines is 1. The Morgan fingerprint density at radius 1 is 0.781 bits per heavy atom. The van der Waals surface area contributed by atoms with Crippen LogP contribution in [-0.4, -0.2) is 31.4 Å². The second-order valence-electron chi connectivity index (χ2n) is 6.79. The van der Waals surface area contributed by atoms with E-state index in [1.54, 1.807) is 60.7 Å². The molecule has 3 aromatic carbocycles. The minimum Gasteiger partial charge on any atom is -0.493 e. The first kappa shape index (κ1) is 22.4. The van der Waals surface area contributed by atoms with Gasteiger partial charge in [-0.15, -0.1) is 0 Å². The van der Waals surface area contributed by atoms with Gasteiger partial charge in [0.15, 0.2) is 18.1 Å². The van der Waals surface area contributed by atoms with Gasteiger partial charge in [-0.25, -0.2) is 0 Å². The Hall–Kier alpha value is -4.33. The average Bonchev–Trinajstić information content (AvgIpc) is 2.82. The van der Waals surface area contributed by atoms with Crippen LogP contribution < -0.4 is 25.6 Å². The molecular weight excluding hydrogens is 410 g/mol. The van der Waals surface area contributed by atoms with Crippen molar-refractivity contribution in [2.45, 2.75) is 6.92 Å². The monoisotopic (exact) mass is 433 g/mol. The molecule has 3 N–H and O–H groups in total. The molecule has 0 aliphatic carbocycles. The number of para-hydroxylation sites is 2. The summed E-state index contributed by atoms with van der Waals surface area (Å²) in [5.74, 6) is -0.361. The van der Waals surface area contributed by atoms with E-state index >= 15 is 0 Å². The molecule has 0 fully saturated rings. The molecule has 0 aliphatic heterocycles. The van der Waals surface area contributed by atoms with Crippen LogP contribution in [0.3, 0.4) is 0 Å². The van der Waals surface area contributed by atoms with Crippen molar-refractivity contribution in [3.05, 3.63) is 89.5 Å². The van der Waals surface area contributed by atoms with Gasteiger partial charge in [-0.05, 0) is 55.0 Å². The first-order chi connectivity index (χ1) is 15.5. The van der Waals surface area contributed by atoms with Crippen molar-refractivity contribution >= 4 is 23.4 Å². The number of hydrogen-bond donors (Lipinski definition) is 3. The summed E-state index contributed by atoms with van der Waals surface area (Å²) in [4.78, 5) is 36.6. The lowest BCUT2D eigenvalue weighted by molar-refractivity contribution is -0.123. The van der Waals surface area contributed by atoms with Gasteiger partial charge >= 0.3 is 0 Å². The Kier molecular flexibility index (Phi) is 7.42. The summed E-state index contributed by atoms with van der Waals surface area (Å²) < 4.78 is 10.5. The zero-order valence-electron chi connectivity index (χ0n) is 17.7. The Labute approximate surface area is 185 Å². The van der Waals surface area contributed by atoms with Crippen molar-refractivity contribution < 1.29 is 23.9 Å². The van der Waals surface area contributed by atoms with Gasteiger partial charge in [0.2, 0.25) is 0 Å². The lowest BCUT2D eigenvalue weighted by atomic mass is 10.1. The Bertz CT molecular complexity index is 1110. The number of rotatable bonds is 7. The third-order valence-corrected chi connectivity index (χ3v) is 4.54. The number of ether oxygens (including phenoxy) is 2. The summed E-state index contributed by atoms with van der Waals surface area (Å²) in [6.45, 7) is 1.56. The third kappa shape index (κ3) is 5.85. The highest BCUT2D eigenvalue weighted by Crippen LogP contribution is 2.25. The lowest BCUT2D eigenvalue weighted by Gasteiger charge is -2.11. The molecule has 0 saturated carbocycles. The number of aryl methyl sites for hydroxylation is 1. The van der Waals surface area contributed by atoms with E-state index in [9.17, 15) is 14.4 Å². The van der Waals surface area contributed by atoms with Gasteiger partial charge in [0.1, 0.15) is 0 Å². The molecule has 0 spiro atoms. The summed E-state index contributed by atoms with van der Waals surface area (Å²) >= 11 is 0. The minimum atomic E-state index is -0.536. The van der Waals surface area contributed by atoms with Gasteiger partial charge in [0.05, 0.1) is 7.11 Å². The molecule has 8 nitrogen and oxygen atoms in total. The van der Waals surface area contributed by atoms with E-state index in [4.69, 9.17) is 9.47 Å². The van der Waals surface area contributed by atoms with Crippen LogP contribution in [-0.2, 0) is 4.79 Å². The van der Waals surface area contributed by atoms with Crippen LogP contribution in [0.1, 0.15) is 26.3 Å². The van der Waals surface area contributed by atoms with Gasteiger partial charge < -0.3 is 14.8 Å². The maximum absolute atomic E-state index is 12.4. The first-order valence-electron chi connectivity index (χ1n) is 9.80. The van der Waals surface area contributed by atoms with Crippen molar-refractivity contribution in [3.63, 3.8) is 0 Å². The number of carbonyl (C=O) groups is 3. The molecule has 32 heavy (non-hydrogen) atoms. The predicted molar refractivity (Wildman–Crippen MR) is 120 cm³/mol. The highest BCUT2D eigenvalue weighted by molar-refractivity contribution is 6.05. The SMILES string of the molecule is COc1ccccc1OCC(=O)NNC(=O)c1ccc(NC(=O)c2ccccc2C)cc1. The molecule has 0 atom stereocenters. The van der Waals surface area contributed by atoms with Crippen LogP contribution in [0.15, 0.2) is 72.8 Å². The fourth-order valence-electron chi connectivity index (χ4n) is 2.85. The van der Waals surface area contributed by atoms with Crippen LogP contribution in [0.2, 0.25) is 0 Å². The molecule has 0 aromatic heterocycles. The molecule has 0 radical (unpaired) electrons. The van der Waals surface area contributed by atoms with E-state index in [-0.39, 0.29) is 12.5 Å². The van der Waals surface area contributed by atoms with Crippen molar-refractivity contribution in [3.8, 4) is 11.5 Å². The quantitative estimate of drug-likeness (QED) is 0.497. The number of nitrogens with one attached hydrogen (secondary N) is 3. The largest absolute Gasteiger partial charge is 0.493 e. The van der Waals surface area contributed by atoms with Gasteiger partial charge in [-0.3, -0.25) is 25.2 Å². The molecule has 0 heterocycles. The Morgan fingerprint density at radius 3 is 2.12 bits per heavy atom. The Morgan fingerprint density at radius 2 is 1.44 bits per heavy atom. The molecule has 164 valence electrons. The average molecular weight is 433 g/mol. The normalized spacial score (nSPS) is 10.1. The smallest absolute Gasteiger partial charge is 0.276 e. The van der Waals surface area contributed by atoms with E-state index in [2.05, 4.69) is 16.2 Å². The maximum atomic E-state index is 12.4. The summed E-state index contributed by atoms with van der Waals surface area (Å²) in [5, 5.41) is 2.79. The molecule has 3 rings (SSSR count). The minimum absolute atomic E-state index is 0.234. The highest BCUT2D eigenvalue weighted by Gasteiger charge is 2.11. The van der Waals surface area contributed by atoms with Gasteiger partial charge in [-0.2, -0.15) is 0 Å². The predicted octanol–water partition coefficient (Wildman–Crippen LogP) is 3.10. The van der Waals surface area contributed by atoms with E-state index < -0.39 is 11.8 Å². The van der Waals surface area contributed by atoms with E-state index in [1.807, 2.05) is 19.1 Å². The zero-order valence-corrected chi connectivity index (χ0v) is 17.7. The number of methoxy groups -OCH3 is 1. The molecular formula is C24H23N3O5. The van der Waals surface area contributed by atoms with Crippen molar-refractivity contribution in [2.24, 2.45) is 0 Å². The van der Waals surface area contributed by atoms with Crippen LogP contribution in [0, 0.1) is 6.92 Å². The van der Waals surface area contributed by atoms with Gasteiger partial charge in [0, 0.05) is 16.8 Å². The zero-order chi connectivity index (χ0) is 22.9. The van der Waals surface area contributed by atoms with Gasteiger partial charge in [0.25, 0.3) is 17.7 Å². The molecule has 0 aliphatic rings. The summed E-state index contributed by atoms with van der Waals surface area (Å²) in [6.07, 6.45) is 0. The summed E-state index contributed by atoms with van der Waals surface area (Å²) in [6, 6.07) is 20.5. The third-order valence-electron chi connectivity index (χ3n) is 4.54. The number of carbonyl (C=O) groups excluding carboxylic acids is 3. The fourth-order valence-corrected chi connectivity index (χ4v) is 2.85. The fraction of sp³-hybridized carbons (Fsp3) is 0.125. The van der Waals surface area contributed by atoms with Crippen LogP contribution in [0.25, 0.3) is 0 Å². The first-order valence-corrected chi connectivity index (χ1v) is 9.80. The van der Waals surface area contributed by atoms with E-state index in [0.717, 1.165) is 5.56 Å². The Balaban J connectivity index is 1.48. The number of hydrazine groups is 1.